The van der Waals surface area contributed by atoms with Gasteiger partial charge in [-0.15, -0.1) is 0 Å². The minimum Gasteiger partial charge on any atom is -0.383 e. The van der Waals surface area contributed by atoms with Crippen LogP contribution in [-0.4, -0.2) is 240 Å². The van der Waals surface area contributed by atoms with Crippen molar-refractivity contribution >= 4 is 68.3 Å². The van der Waals surface area contributed by atoms with E-state index in [1.54, 1.807) is 89.2 Å². The molecule has 5 aliphatic rings. The van der Waals surface area contributed by atoms with E-state index in [1.165, 1.54) is 48.8 Å². The fourth-order valence-electron chi connectivity index (χ4n) is 17.5. The Hall–Kier alpha value is -13.8. The van der Waals surface area contributed by atoms with E-state index in [4.69, 9.17) is 30.5 Å². The molecule has 0 radical (unpaired) electrons. The fourth-order valence-corrected chi connectivity index (χ4v) is 19.2. The summed E-state index contributed by atoms with van der Waals surface area (Å²) >= 11 is 6.10. The van der Waals surface area contributed by atoms with Crippen LogP contribution >= 0.6 is 11.6 Å². The number of hydrogen-bond acceptors (Lipinski definition) is 20. The summed E-state index contributed by atoms with van der Waals surface area (Å²) in [4.78, 5) is 82.2. The molecule has 4 saturated heterocycles. The quantitative estimate of drug-likeness (QED) is 0.0153. The molecule has 38 heteroatoms. The first-order valence-corrected chi connectivity index (χ1v) is 47.5. The molecule has 5 fully saturated rings. The van der Waals surface area contributed by atoms with Crippen LogP contribution in [0.5, 0.6) is 0 Å². The van der Waals surface area contributed by atoms with Crippen LogP contribution in [0.15, 0.2) is 248 Å². The van der Waals surface area contributed by atoms with Crippen molar-refractivity contribution in [1.82, 2.24) is 65.8 Å². The van der Waals surface area contributed by atoms with Gasteiger partial charge in [0.2, 0.25) is 0 Å². The Balaban J connectivity index is 0.000000150. The number of benzene rings is 8. The van der Waals surface area contributed by atoms with Crippen LogP contribution in [0.4, 0.5) is 77.1 Å². The van der Waals surface area contributed by atoms with Crippen LogP contribution in [0, 0.1) is 57.9 Å². The first-order chi connectivity index (χ1) is 68.2. The lowest BCUT2D eigenvalue weighted by Crippen LogP contribution is -2.42. The zero-order chi connectivity index (χ0) is 99.6. The highest BCUT2D eigenvalue weighted by Crippen LogP contribution is 2.39. The molecule has 141 heavy (non-hydrogen) atoms. The second kappa shape index (κ2) is 49.4. The molecular formula is C103H105ClF8N18O10S. The molecule has 0 unspecified atom stereocenters. The molecule has 12 aromatic rings. The van der Waals surface area contributed by atoms with Gasteiger partial charge in [-0.05, 0) is 120 Å². The number of rotatable bonds is 30. The summed E-state index contributed by atoms with van der Waals surface area (Å²) in [5.41, 5.74) is 9.52. The number of methoxy groups -OCH3 is 4. The highest BCUT2D eigenvalue weighted by atomic mass is 35.5. The van der Waals surface area contributed by atoms with Crippen molar-refractivity contribution in [3.05, 3.63) is 323 Å². The average Bonchev–Trinajstić information content (AvgIpc) is 1.65. The highest BCUT2D eigenvalue weighted by molar-refractivity contribution is 7.92. The van der Waals surface area contributed by atoms with Crippen molar-refractivity contribution in [2.45, 2.75) is 71.0 Å². The number of ether oxygens (including phenoxy) is 4. The molecule has 8 N–H and O–H groups in total. The molecule has 0 bridgehead atoms. The van der Waals surface area contributed by atoms with E-state index in [2.05, 4.69) is 87.1 Å². The van der Waals surface area contributed by atoms with Gasteiger partial charge in [0.15, 0.2) is 61.4 Å². The van der Waals surface area contributed by atoms with Gasteiger partial charge in [0.1, 0.15) is 23.2 Å². The minimum absolute atomic E-state index is 0.0159. The number of pyridine rings is 3. The first-order valence-electron chi connectivity index (χ1n) is 45.5. The Labute approximate surface area is 815 Å². The zero-order valence-corrected chi connectivity index (χ0v) is 79.0. The molecule has 8 heterocycles. The standard InChI is InChI=1S/C28H30F2N4O4S.C26H25F2N5O2.C25H25ClF2N4O2.C24H25F2N5O2/c1-38-14-13-34-16-21(19-7-10-22(29)23(30)15-19)25(17-34)32-28(35)31-24-11-12-26(39(36,37)20-8-9-20)33-27(24)18-5-3-2-4-6-18;1-35-12-11-33-15-20(18-7-9-21(27)22(28)13-18)24(16-33)32-26(34)31-23-10-8-19(14-29)30-25(23)17-5-3-2-4-6-17;1-34-12-11-32-14-18(17-7-8-19(27)20(28)13-17)22(15-32)30-25(33)29-21-9-10-23(26)31-24(21)16-5-3-2-4-6-16;1-33-10-9-31-13-18(17-7-8-19(25)20(26)11-17)22(14-31)30-24(32)29-21-12-27-15-28-23(21)16-5-3-2-4-6-16/h2-7,10-12,15,20-21,25H,8-9,13-14,16-17H2,1H3,(H2,31,32,35);2-10,13,20,24H,11-12,15-16H2,1H3,(H2,31,32,34);2-10,13,18,22H,11-12,14-15H2,1H3,(H2,29,30,33);2-8,11-12,15,18,22H,9-10,13-14H2,1H3,(H2,29,30,32)/t21-,25+;20-,24+;2*18-,22+/m0000/s1. The summed E-state index contributed by atoms with van der Waals surface area (Å²) in [6.45, 7) is 9.04. The predicted molar refractivity (Wildman–Crippen MR) is 520 cm³/mol. The van der Waals surface area contributed by atoms with Gasteiger partial charge in [0.25, 0.3) is 0 Å². The summed E-state index contributed by atoms with van der Waals surface area (Å²) in [5, 5.41) is 32.5. The normalized spacial score (nSPS) is 18.5. The molecule has 1 aliphatic carbocycles. The Morgan fingerprint density at radius 3 is 1.00 bits per heavy atom. The number of aromatic nitrogens is 5. The van der Waals surface area contributed by atoms with E-state index in [0.717, 1.165) is 41.0 Å². The molecule has 8 atom stereocenters. The maximum Gasteiger partial charge on any atom is 0.319 e. The van der Waals surface area contributed by atoms with Crippen LogP contribution in [-0.2, 0) is 28.8 Å². The van der Waals surface area contributed by atoms with Crippen molar-refractivity contribution in [3.63, 3.8) is 0 Å². The third kappa shape index (κ3) is 27.7. The molecule has 28 nitrogen and oxygen atoms in total. The number of halogens is 9. The lowest BCUT2D eigenvalue weighted by atomic mass is 9.94. The number of urea groups is 4. The lowest BCUT2D eigenvalue weighted by molar-refractivity contribution is 0.159. The number of carbonyl (C=O) groups is 4. The van der Waals surface area contributed by atoms with E-state index < -0.39 is 91.8 Å². The molecule has 17 rings (SSSR count). The second-order valence-electron chi connectivity index (χ2n) is 34.2. The van der Waals surface area contributed by atoms with E-state index in [9.17, 15) is 68.0 Å². The Kier molecular flexibility index (Phi) is 36.1. The summed E-state index contributed by atoms with van der Waals surface area (Å²) < 4.78 is 156. The van der Waals surface area contributed by atoms with E-state index in [1.807, 2.05) is 115 Å². The molecule has 736 valence electrons. The van der Waals surface area contributed by atoms with Crippen molar-refractivity contribution in [1.29, 1.82) is 5.26 Å². The smallest absolute Gasteiger partial charge is 0.319 e. The zero-order valence-electron chi connectivity index (χ0n) is 77.4. The van der Waals surface area contributed by atoms with Gasteiger partial charge >= 0.3 is 24.1 Å². The number of sulfone groups is 1. The average molecular weight is 1970 g/mol. The topological polar surface area (TPSA) is 337 Å². The van der Waals surface area contributed by atoms with Crippen molar-refractivity contribution in [3.8, 4) is 51.1 Å². The summed E-state index contributed by atoms with van der Waals surface area (Å²) in [7, 11) is 2.93. The van der Waals surface area contributed by atoms with Gasteiger partial charge in [0.05, 0.1) is 108 Å². The van der Waals surface area contributed by atoms with Crippen LogP contribution in [0.25, 0.3) is 45.0 Å². The van der Waals surface area contributed by atoms with Crippen LogP contribution < -0.4 is 42.5 Å². The largest absolute Gasteiger partial charge is 0.383 e. The van der Waals surface area contributed by atoms with Crippen LogP contribution in [0.3, 0.4) is 0 Å². The van der Waals surface area contributed by atoms with Crippen LogP contribution in [0.2, 0.25) is 5.15 Å². The van der Waals surface area contributed by atoms with Gasteiger partial charge in [-0.25, -0.2) is 87.6 Å². The molecule has 8 amide bonds. The van der Waals surface area contributed by atoms with Gasteiger partial charge in [-0.2, -0.15) is 5.26 Å². The lowest BCUT2D eigenvalue weighted by Gasteiger charge is -2.21. The molecule has 4 aromatic heterocycles. The summed E-state index contributed by atoms with van der Waals surface area (Å²) in [6.07, 6.45) is 4.21. The monoisotopic (exact) mass is 1970 g/mol. The fraction of sp³-hybridized carbons (Fsp3) is 0.301. The molecule has 0 spiro atoms. The third-order valence-electron chi connectivity index (χ3n) is 24.7. The van der Waals surface area contributed by atoms with Crippen molar-refractivity contribution in [2.75, 3.05) is 155 Å². The SMILES string of the molecule is COCCN1C[C@@H](NC(=O)Nc2ccc(C#N)nc2-c2ccccc2)[C@H](c2ccc(F)c(F)c2)C1.COCCN1C[C@@H](NC(=O)Nc2ccc(Cl)nc2-c2ccccc2)[C@H](c2ccc(F)c(F)c2)C1.COCCN1C[C@@H](NC(=O)Nc2ccc(S(=O)(=O)C3CC3)nc2-c2ccccc2)[C@H](c2ccc(F)c(F)c2)C1.COCCN1C[C@@H](NC(=O)Nc2cncnc2-c2ccccc2)[C@H](c2ccc(F)c(F)c2)C1. The molecule has 1 saturated carbocycles. The number of hydrogen-bond donors (Lipinski definition) is 8. The van der Waals surface area contributed by atoms with Crippen LogP contribution in [0.1, 0.15) is 64.5 Å². The minimum atomic E-state index is -3.53. The predicted octanol–water partition coefficient (Wildman–Crippen LogP) is 16.9. The summed E-state index contributed by atoms with van der Waals surface area (Å²) in [5.74, 6) is -8.23. The Morgan fingerprint density at radius 2 is 0.681 bits per heavy atom. The van der Waals surface area contributed by atoms with Gasteiger partial charge in [-0.1, -0.05) is 157 Å². The maximum atomic E-state index is 14.0. The Morgan fingerprint density at radius 1 is 0.376 bits per heavy atom. The van der Waals surface area contributed by atoms with E-state index in [0.29, 0.717) is 196 Å². The number of nitriles is 1. The maximum absolute atomic E-state index is 14.0. The van der Waals surface area contributed by atoms with Crippen molar-refractivity contribution < 1.29 is 81.7 Å². The number of amides is 8. The van der Waals surface area contributed by atoms with Crippen molar-refractivity contribution in [2.24, 2.45) is 0 Å². The van der Waals surface area contributed by atoms with Gasteiger partial charge in [-0.3, -0.25) is 19.6 Å². The number of likely N-dealkylation sites (tertiary alicyclic amines) is 4. The number of nitrogens with zero attached hydrogens (tertiary/aromatic N) is 10. The molecule has 8 aromatic carbocycles. The number of nitrogens with one attached hydrogen (secondary N) is 8. The molecule has 4 aliphatic heterocycles. The second-order valence-corrected chi connectivity index (χ2v) is 36.8. The van der Waals surface area contributed by atoms with E-state index in [-0.39, 0.29) is 52.5 Å². The highest BCUT2D eigenvalue weighted by Gasteiger charge is 2.42. The number of anilines is 4. The summed E-state index contributed by atoms with van der Waals surface area (Å²) in [6, 6.07) is 60.8. The number of carbonyl (C=O) groups excluding carboxylic acids is 4. The first kappa shape index (κ1) is 103. The van der Waals surface area contributed by atoms with Gasteiger partial charge < -0.3 is 61.5 Å². The van der Waals surface area contributed by atoms with Gasteiger partial charge in [0, 0.05) is 153 Å². The van der Waals surface area contributed by atoms with E-state index >= 15 is 0 Å². The molecular weight excluding hydrogens is 1870 g/mol. The Bertz CT molecular complexity index is 6470. The third-order valence-corrected chi connectivity index (χ3v) is 27.0.